The number of amides is 3. The molecule has 2 aromatic rings. The van der Waals surface area contributed by atoms with Gasteiger partial charge in [-0.1, -0.05) is 6.07 Å². The van der Waals surface area contributed by atoms with Crippen molar-refractivity contribution >= 4 is 30.0 Å². The van der Waals surface area contributed by atoms with Gasteiger partial charge in [0.05, 0.1) is 11.6 Å². The fourth-order valence-electron chi connectivity index (χ4n) is 3.54. The fraction of sp³-hybridized carbons (Fsp3) is 0.316. The van der Waals surface area contributed by atoms with E-state index in [2.05, 4.69) is 15.6 Å². The van der Waals surface area contributed by atoms with Crippen LogP contribution in [0.3, 0.4) is 0 Å². The molecule has 2 saturated heterocycles. The van der Waals surface area contributed by atoms with Gasteiger partial charge in [-0.3, -0.25) is 14.7 Å². The third-order valence-electron chi connectivity index (χ3n) is 4.92. The van der Waals surface area contributed by atoms with E-state index in [1.165, 1.54) is 23.1 Å². The summed E-state index contributed by atoms with van der Waals surface area (Å²) in [6.07, 6.45) is 3.40. The molecule has 3 amide bonds. The lowest BCUT2D eigenvalue weighted by Gasteiger charge is -2.36. The van der Waals surface area contributed by atoms with Crippen LogP contribution in [-0.4, -0.2) is 54.5 Å². The minimum atomic E-state index is -0.591. The minimum absolute atomic E-state index is 0. The van der Waals surface area contributed by atoms with E-state index in [0.29, 0.717) is 38.4 Å². The van der Waals surface area contributed by atoms with E-state index in [1.807, 2.05) is 12.1 Å². The van der Waals surface area contributed by atoms with Gasteiger partial charge in [0.1, 0.15) is 5.82 Å². The number of nitrogens with zero attached hydrogens (tertiary/aromatic N) is 3. The average Bonchev–Trinajstić information content (AvgIpc) is 3.14. The summed E-state index contributed by atoms with van der Waals surface area (Å²) < 4.78 is 14.5. The number of benzene rings is 1. The molecular weight excluding hydrogens is 385 g/mol. The summed E-state index contributed by atoms with van der Waals surface area (Å²) in [4.78, 5) is 32.4. The van der Waals surface area contributed by atoms with Crippen LogP contribution in [0.25, 0.3) is 0 Å². The molecule has 0 radical (unpaired) electrons. The van der Waals surface area contributed by atoms with Crippen molar-refractivity contribution in [3.05, 3.63) is 59.7 Å². The number of aromatic nitrogens is 1. The van der Waals surface area contributed by atoms with E-state index in [1.54, 1.807) is 17.3 Å². The number of halogens is 2. The van der Waals surface area contributed by atoms with Crippen LogP contribution >= 0.6 is 12.4 Å². The number of carbonyl (C=O) groups excluding carboxylic acids is 2. The molecule has 7 nitrogen and oxygen atoms in total. The maximum Gasteiger partial charge on any atom is 0.321 e. The second-order valence-corrected chi connectivity index (χ2v) is 6.55. The predicted octanol–water partition coefficient (Wildman–Crippen LogP) is 1.96. The second kappa shape index (κ2) is 8.53. The summed E-state index contributed by atoms with van der Waals surface area (Å²) in [6, 6.07) is 7.49. The van der Waals surface area contributed by atoms with Crippen molar-refractivity contribution < 1.29 is 14.0 Å². The maximum atomic E-state index is 14.5. The van der Waals surface area contributed by atoms with Crippen LogP contribution in [0.15, 0.2) is 42.7 Å². The smallest absolute Gasteiger partial charge is 0.321 e. The molecule has 28 heavy (non-hydrogen) atoms. The van der Waals surface area contributed by atoms with Crippen molar-refractivity contribution in [2.75, 3.05) is 37.6 Å². The monoisotopic (exact) mass is 405 g/mol. The molecular formula is C19H21ClFN5O2. The van der Waals surface area contributed by atoms with Gasteiger partial charge in [0.2, 0.25) is 0 Å². The van der Waals surface area contributed by atoms with Crippen LogP contribution in [0.4, 0.5) is 14.9 Å². The number of pyridine rings is 1. The summed E-state index contributed by atoms with van der Waals surface area (Å²) in [5, 5.41) is 5.98. The van der Waals surface area contributed by atoms with Crippen molar-refractivity contribution in [2.24, 2.45) is 0 Å². The molecule has 9 heteroatoms. The van der Waals surface area contributed by atoms with Crippen molar-refractivity contribution in [3.8, 4) is 0 Å². The van der Waals surface area contributed by atoms with E-state index in [-0.39, 0.29) is 36.0 Å². The molecule has 0 saturated carbocycles. The minimum Gasteiger partial charge on any atom is -0.336 e. The molecule has 3 heterocycles. The quantitative estimate of drug-likeness (QED) is 0.818. The lowest BCUT2D eigenvalue weighted by Crippen LogP contribution is -2.49. The first-order chi connectivity index (χ1) is 13.1. The van der Waals surface area contributed by atoms with E-state index >= 15 is 0 Å². The number of carbonyl (C=O) groups is 2. The van der Waals surface area contributed by atoms with Gasteiger partial charge in [0.25, 0.3) is 5.91 Å². The number of hydrogen-bond donors (Lipinski definition) is 2. The molecule has 1 aromatic heterocycles. The molecule has 1 unspecified atom stereocenters. The second-order valence-electron chi connectivity index (χ2n) is 6.55. The Morgan fingerprint density at radius 1 is 1.21 bits per heavy atom. The fourth-order valence-corrected chi connectivity index (χ4v) is 3.54. The normalized spacial score (nSPS) is 19.2. The lowest BCUT2D eigenvalue weighted by molar-refractivity contribution is 0.0629. The van der Waals surface area contributed by atoms with Gasteiger partial charge in [-0.15, -0.1) is 12.4 Å². The van der Waals surface area contributed by atoms with Crippen molar-refractivity contribution in [1.29, 1.82) is 0 Å². The van der Waals surface area contributed by atoms with Gasteiger partial charge in [-0.05, 0) is 29.8 Å². The van der Waals surface area contributed by atoms with E-state index in [0.717, 1.165) is 5.56 Å². The summed E-state index contributed by atoms with van der Waals surface area (Å²) in [6.45, 7) is 2.70. The molecule has 148 valence electrons. The Labute approximate surface area is 168 Å². The van der Waals surface area contributed by atoms with Crippen LogP contribution in [0.5, 0.6) is 0 Å². The summed E-state index contributed by atoms with van der Waals surface area (Å²) in [5.41, 5.74) is 1.39. The Bertz CT molecular complexity index is 867. The Hall–Kier alpha value is -2.71. The molecule has 2 N–H and O–H groups in total. The molecule has 0 spiro atoms. The van der Waals surface area contributed by atoms with Crippen LogP contribution in [0, 0.1) is 5.82 Å². The molecule has 1 aromatic carbocycles. The number of piperazine rings is 1. The van der Waals surface area contributed by atoms with E-state index in [4.69, 9.17) is 0 Å². The first kappa shape index (κ1) is 20.0. The van der Waals surface area contributed by atoms with E-state index in [9.17, 15) is 14.0 Å². The Balaban J connectivity index is 0.00000225. The first-order valence-electron chi connectivity index (χ1n) is 8.91. The number of urea groups is 1. The average molecular weight is 406 g/mol. The Kier molecular flexibility index (Phi) is 6.11. The number of hydrogen-bond acceptors (Lipinski definition) is 4. The van der Waals surface area contributed by atoms with Gasteiger partial charge in [-0.2, -0.15) is 0 Å². The van der Waals surface area contributed by atoms with Crippen LogP contribution in [0.2, 0.25) is 0 Å². The van der Waals surface area contributed by atoms with Crippen molar-refractivity contribution in [2.45, 2.75) is 6.04 Å². The highest BCUT2D eigenvalue weighted by Crippen LogP contribution is 2.27. The summed E-state index contributed by atoms with van der Waals surface area (Å²) in [5.74, 6) is -0.976. The third-order valence-corrected chi connectivity index (χ3v) is 4.92. The lowest BCUT2D eigenvalue weighted by atomic mass is 10.0. The third kappa shape index (κ3) is 3.79. The van der Waals surface area contributed by atoms with Gasteiger partial charge in [0.15, 0.2) is 0 Å². The number of nitrogens with one attached hydrogen (secondary N) is 2. The summed E-state index contributed by atoms with van der Waals surface area (Å²) in [7, 11) is 0. The van der Waals surface area contributed by atoms with E-state index < -0.39 is 5.82 Å². The molecule has 1 atom stereocenters. The SMILES string of the molecule is Cl.O=C1NCCN1c1ccc(F)c(C(=O)N2CCNCC2c2cccnc2)c1. The van der Waals surface area contributed by atoms with Gasteiger partial charge < -0.3 is 15.5 Å². The summed E-state index contributed by atoms with van der Waals surface area (Å²) >= 11 is 0. The zero-order valence-electron chi connectivity index (χ0n) is 15.1. The topological polar surface area (TPSA) is 77.6 Å². The highest BCUT2D eigenvalue weighted by atomic mass is 35.5. The maximum absolute atomic E-state index is 14.5. The van der Waals surface area contributed by atoms with Crippen molar-refractivity contribution in [3.63, 3.8) is 0 Å². The first-order valence-corrected chi connectivity index (χ1v) is 8.91. The highest BCUT2D eigenvalue weighted by molar-refractivity contribution is 5.99. The number of rotatable bonds is 3. The molecule has 4 rings (SSSR count). The molecule has 2 aliphatic rings. The molecule has 2 fully saturated rings. The van der Waals surface area contributed by atoms with Crippen LogP contribution in [-0.2, 0) is 0 Å². The standard InChI is InChI=1S/C19H20FN5O2.ClH/c20-16-4-3-14(24-9-7-23-19(24)27)10-15(16)18(26)25-8-6-22-12-17(25)13-2-1-5-21-11-13;/h1-5,10-11,17,22H,6-9,12H2,(H,23,27);1H. The number of anilines is 1. The van der Waals surface area contributed by atoms with Crippen LogP contribution in [0.1, 0.15) is 22.0 Å². The van der Waals surface area contributed by atoms with Crippen molar-refractivity contribution in [1.82, 2.24) is 20.5 Å². The Morgan fingerprint density at radius 3 is 2.79 bits per heavy atom. The largest absolute Gasteiger partial charge is 0.336 e. The molecule has 2 aliphatic heterocycles. The Morgan fingerprint density at radius 2 is 2.07 bits per heavy atom. The zero-order valence-corrected chi connectivity index (χ0v) is 15.9. The highest BCUT2D eigenvalue weighted by Gasteiger charge is 2.31. The van der Waals surface area contributed by atoms with Gasteiger partial charge in [0, 0.05) is 50.8 Å². The molecule has 0 bridgehead atoms. The van der Waals surface area contributed by atoms with Gasteiger partial charge >= 0.3 is 6.03 Å². The van der Waals surface area contributed by atoms with Crippen LogP contribution < -0.4 is 15.5 Å². The molecule has 0 aliphatic carbocycles. The zero-order chi connectivity index (χ0) is 18.8. The predicted molar refractivity (Wildman–Crippen MR) is 105 cm³/mol. The van der Waals surface area contributed by atoms with Gasteiger partial charge in [-0.25, -0.2) is 9.18 Å².